The van der Waals surface area contributed by atoms with Gasteiger partial charge in [0.05, 0.1) is 18.4 Å². The molecular weight excluding hydrogens is 316 g/mol. The second-order valence-corrected chi connectivity index (χ2v) is 6.77. The molecule has 132 valence electrons. The second-order valence-electron chi connectivity index (χ2n) is 6.77. The Morgan fingerprint density at radius 1 is 1.16 bits per heavy atom. The molecule has 0 spiro atoms. The minimum atomic E-state index is -0.141. The number of amides is 1. The van der Waals surface area contributed by atoms with Crippen molar-refractivity contribution < 1.29 is 9.53 Å². The normalized spacial score (nSPS) is 21.7. The van der Waals surface area contributed by atoms with E-state index >= 15 is 0 Å². The van der Waals surface area contributed by atoms with Gasteiger partial charge in [-0.2, -0.15) is 5.10 Å². The van der Waals surface area contributed by atoms with Crippen molar-refractivity contribution in [3.05, 3.63) is 48.3 Å². The highest BCUT2D eigenvalue weighted by atomic mass is 16.5. The van der Waals surface area contributed by atoms with Gasteiger partial charge in [0.25, 0.3) is 0 Å². The third-order valence-electron chi connectivity index (χ3n) is 5.03. The third-order valence-corrected chi connectivity index (χ3v) is 5.03. The number of aromatic nitrogens is 2. The Morgan fingerprint density at radius 2 is 1.96 bits per heavy atom. The maximum absolute atomic E-state index is 12.7. The summed E-state index contributed by atoms with van der Waals surface area (Å²) in [5.74, 6) is 0.211. The SMILES string of the molecule is O=C1C(Nc2cnn(Cc3ccccc3)c2)CCN1C1CCOCC1. The van der Waals surface area contributed by atoms with Crippen LogP contribution in [0.15, 0.2) is 42.7 Å². The summed E-state index contributed by atoms with van der Waals surface area (Å²) in [4.78, 5) is 14.7. The second kappa shape index (κ2) is 7.27. The van der Waals surface area contributed by atoms with Crippen LogP contribution in [0, 0.1) is 0 Å². The topological polar surface area (TPSA) is 59.4 Å². The molecule has 1 unspecified atom stereocenters. The Bertz CT molecular complexity index is 709. The highest BCUT2D eigenvalue weighted by Gasteiger charge is 2.36. The number of hydrogen-bond acceptors (Lipinski definition) is 4. The van der Waals surface area contributed by atoms with E-state index in [1.807, 2.05) is 34.0 Å². The molecule has 25 heavy (non-hydrogen) atoms. The van der Waals surface area contributed by atoms with Crippen molar-refractivity contribution >= 4 is 11.6 Å². The first-order valence-electron chi connectivity index (χ1n) is 9.01. The number of rotatable bonds is 5. The van der Waals surface area contributed by atoms with Crippen LogP contribution in [-0.4, -0.2) is 52.4 Å². The Hall–Kier alpha value is -2.34. The number of hydrogen-bond donors (Lipinski definition) is 1. The fraction of sp³-hybridized carbons (Fsp3) is 0.474. The summed E-state index contributed by atoms with van der Waals surface area (Å²) in [5, 5.41) is 7.76. The van der Waals surface area contributed by atoms with E-state index in [4.69, 9.17) is 4.74 Å². The fourth-order valence-corrected chi connectivity index (χ4v) is 3.69. The summed E-state index contributed by atoms with van der Waals surface area (Å²) in [6.45, 7) is 3.09. The molecular formula is C19H24N4O2. The van der Waals surface area contributed by atoms with Crippen LogP contribution in [0.5, 0.6) is 0 Å². The third kappa shape index (κ3) is 3.69. The average Bonchev–Trinajstić information content (AvgIpc) is 3.24. The van der Waals surface area contributed by atoms with Crippen molar-refractivity contribution in [1.82, 2.24) is 14.7 Å². The predicted octanol–water partition coefficient (Wildman–Crippen LogP) is 2.12. The molecule has 0 bridgehead atoms. The van der Waals surface area contributed by atoms with Gasteiger partial charge in [-0.1, -0.05) is 30.3 Å². The minimum absolute atomic E-state index is 0.141. The number of anilines is 1. The van der Waals surface area contributed by atoms with Crippen molar-refractivity contribution in [3.8, 4) is 0 Å². The van der Waals surface area contributed by atoms with Crippen molar-refractivity contribution in [1.29, 1.82) is 0 Å². The Balaban J connectivity index is 1.35. The van der Waals surface area contributed by atoms with E-state index in [2.05, 4.69) is 22.5 Å². The lowest BCUT2D eigenvalue weighted by molar-refractivity contribution is -0.131. The monoisotopic (exact) mass is 340 g/mol. The lowest BCUT2D eigenvalue weighted by Crippen LogP contribution is -2.43. The van der Waals surface area contributed by atoms with E-state index in [0.29, 0.717) is 6.04 Å². The molecule has 3 heterocycles. The van der Waals surface area contributed by atoms with Crippen LogP contribution >= 0.6 is 0 Å². The van der Waals surface area contributed by atoms with Crippen LogP contribution in [0.3, 0.4) is 0 Å². The van der Waals surface area contributed by atoms with Crippen molar-refractivity contribution in [2.45, 2.75) is 37.9 Å². The molecule has 4 rings (SSSR count). The largest absolute Gasteiger partial charge is 0.381 e. The van der Waals surface area contributed by atoms with Gasteiger partial charge in [-0.25, -0.2) is 0 Å². The highest BCUT2D eigenvalue weighted by Crippen LogP contribution is 2.23. The molecule has 1 atom stereocenters. The summed E-state index contributed by atoms with van der Waals surface area (Å²) < 4.78 is 7.30. The van der Waals surface area contributed by atoms with Gasteiger partial charge < -0.3 is 15.0 Å². The number of carbonyl (C=O) groups excluding carboxylic acids is 1. The minimum Gasteiger partial charge on any atom is -0.381 e. The summed E-state index contributed by atoms with van der Waals surface area (Å²) >= 11 is 0. The van der Waals surface area contributed by atoms with E-state index in [-0.39, 0.29) is 11.9 Å². The molecule has 1 N–H and O–H groups in total. The summed E-state index contributed by atoms with van der Waals surface area (Å²) in [5.41, 5.74) is 2.11. The van der Waals surface area contributed by atoms with Crippen LogP contribution in [0.2, 0.25) is 0 Å². The van der Waals surface area contributed by atoms with E-state index in [1.165, 1.54) is 5.56 Å². The zero-order valence-corrected chi connectivity index (χ0v) is 14.3. The lowest BCUT2D eigenvalue weighted by Gasteiger charge is -2.31. The summed E-state index contributed by atoms with van der Waals surface area (Å²) in [6, 6.07) is 10.4. The number of benzene rings is 1. The molecule has 0 aliphatic carbocycles. The highest BCUT2D eigenvalue weighted by molar-refractivity contribution is 5.87. The van der Waals surface area contributed by atoms with E-state index in [1.54, 1.807) is 6.20 Å². The van der Waals surface area contributed by atoms with Gasteiger partial charge in [-0.3, -0.25) is 9.48 Å². The Morgan fingerprint density at radius 3 is 2.76 bits per heavy atom. The van der Waals surface area contributed by atoms with Crippen molar-refractivity contribution in [2.24, 2.45) is 0 Å². The van der Waals surface area contributed by atoms with Gasteiger partial charge in [-0.05, 0) is 24.8 Å². The van der Waals surface area contributed by atoms with Gasteiger partial charge in [0.2, 0.25) is 5.91 Å². The first-order chi connectivity index (χ1) is 12.3. The van der Waals surface area contributed by atoms with Crippen molar-refractivity contribution in [3.63, 3.8) is 0 Å². The van der Waals surface area contributed by atoms with Crippen molar-refractivity contribution in [2.75, 3.05) is 25.1 Å². The molecule has 2 aliphatic heterocycles. The molecule has 1 aromatic heterocycles. The van der Waals surface area contributed by atoms with Crippen LogP contribution in [0.4, 0.5) is 5.69 Å². The Labute approximate surface area is 147 Å². The van der Waals surface area contributed by atoms with Gasteiger partial charge in [-0.15, -0.1) is 0 Å². The molecule has 1 amide bonds. The van der Waals surface area contributed by atoms with Crippen LogP contribution < -0.4 is 5.32 Å². The zero-order valence-electron chi connectivity index (χ0n) is 14.3. The average molecular weight is 340 g/mol. The molecule has 2 aromatic rings. The van der Waals surface area contributed by atoms with Gasteiger partial charge in [0.1, 0.15) is 6.04 Å². The molecule has 0 radical (unpaired) electrons. The number of likely N-dealkylation sites (tertiary alicyclic amines) is 1. The maximum Gasteiger partial charge on any atom is 0.245 e. The number of nitrogens with one attached hydrogen (secondary N) is 1. The number of ether oxygens (including phenoxy) is 1. The quantitative estimate of drug-likeness (QED) is 0.906. The summed E-state index contributed by atoms with van der Waals surface area (Å²) in [7, 11) is 0. The number of carbonyl (C=O) groups is 1. The maximum atomic E-state index is 12.7. The van der Waals surface area contributed by atoms with Gasteiger partial charge in [0.15, 0.2) is 0 Å². The van der Waals surface area contributed by atoms with Crippen LogP contribution in [-0.2, 0) is 16.1 Å². The number of nitrogens with zero attached hydrogens (tertiary/aromatic N) is 3. The Kier molecular flexibility index (Phi) is 4.70. The first-order valence-corrected chi connectivity index (χ1v) is 9.01. The zero-order chi connectivity index (χ0) is 17.1. The smallest absolute Gasteiger partial charge is 0.245 e. The molecule has 2 fully saturated rings. The summed E-state index contributed by atoms with van der Waals surface area (Å²) in [6.07, 6.45) is 6.52. The van der Waals surface area contributed by atoms with Crippen LogP contribution in [0.25, 0.3) is 0 Å². The van der Waals surface area contributed by atoms with E-state index < -0.39 is 0 Å². The van der Waals surface area contributed by atoms with E-state index in [0.717, 1.165) is 51.3 Å². The molecule has 2 aliphatic rings. The molecule has 1 aromatic carbocycles. The fourth-order valence-electron chi connectivity index (χ4n) is 3.69. The lowest BCUT2D eigenvalue weighted by atomic mass is 10.1. The standard InChI is InChI=1S/C19H24N4O2/c24-19-18(6-9-23(19)17-7-10-25-11-8-17)21-16-12-20-22(14-16)13-15-4-2-1-3-5-15/h1-5,12,14,17-18,21H,6-11,13H2. The van der Waals surface area contributed by atoms with Gasteiger partial charge >= 0.3 is 0 Å². The molecule has 0 saturated carbocycles. The predicted molar refractivity (Wildman–Crippen MR) is 95.4 cm³/mol. The molecule has 2 saturated heterocycles. The molecule has 6 heteroatoms. The van der Waals surface area contributed by atoms with E-state index in [9.17, 15) is 4.79 Å². The van der Waals surface area contributed by atoms with Gasteiger partial charge in [0, 0.05) is 32.0 Å². The van der Waals surface area contributed by atoms with Crippen LogP contribution in [0.1, 0.15) is 24.8 Å². The first kappa shape index (κ1) is 16.1. The molecule has 6 nitrogen and oxygen atoms in total.